The molecule has 2 aromatic heterocycles. The van der Waals surface area contributed by atoms with Crippen molar-refractivity contribution in [2.45, 2.75) is 38.0 Å². The molecule has 0 bridgehead atoms. The lowest BCUT2D eigenvalue weighted by molar-refractivity contribution is -0.0652. The molecule has 2 rings (SSSR count). The normalized spacial score (nSPS) is 15.1. The van der Waals surface area contributed by atoms with Gasteiger partial charge in [0.1, 0.15) is 18.3 Å². The van der Waals surface area contributed by atoms with Crippen LogP contribution < -0.4 is 0 Å². The van der Waals surface area contributed by atoms with Crippen LogP contribution in [0.25, 0.3) is 0 Å². The van der Waals surface area contributed by atoms with Crippen molar-refractivity contribution in [3.05, 3.63) is 41.7 Å². The minimum absolute atomic E-state index is 0.106. The maximum atomic E-state index is 10.9. The zero-order valence-electron chi connectivity index (χ0n) is 11.4. The maximum Gasteiger partial charge on any atom is 0.137 e. The van der Waals surface area contributed by atoms with Crippen molar-refractivity contribution in [2.75, 3.05) is 0 Å². The van der Waals surface area contributed by atoms with E-state index in [-0.39, 0.29) is 13.0 Å². The summed E-state index contributed by atoms with van der Waals surface area (Å²) in [5.41, 5.74) is -1.99. The molecule has 108 valence electrons. The first-order valence-corrected chi connectivity index (χ1v) is 6.56. The van der Waals surface area contributed by atoms with Crippen LogP contribution in [0.1, 0.15) is 26.0 Å². The van der Waals surface area contributed by atoms with Gasteiger partial charge in [-0.05, 0) is 26.0 Å². The molecule has 2 heterocycles. The Hall–Kier alpha value is -1.50. The quantitative estimate of drug-likeness (QED) is 0.871. The first-order valence-electron chi connectivity index (χ1n) is 6.18. The molecule has 0 saturated carbocycles. The number of pyridine rings is 1. The highest BCUT2D eigenvalue weighted by Gasteiger charge is 2.37. The maximum absolute atomic E-state index is 10.9. The smallest absolute Gasteiger partial charge is 0.137 e. The second kappa shape index (κ2) is 5.47. The van der Waals surface area contributed by atoms with Crippen molar-refractivity contribution < 1.29 is 10.2 Å². The van der Waals surface area contributed by atoms with Crippen LogP contribution in [-0.4, -0.2) is 35.6 Å². The van der Waals surface area contributed by atoms with Gasteiger partial charge in [0.15, 0.2) is 0 Å². The van der Waals surface area contributed by atoms with Crippen molar-refractivity contribution in [3.63, 3.8) is 0 Å². The molecule has 0 saturated heterocycles. The van der Waals surface area contributed by atoms with E-state index in [1.54, 1.807) is 26.0 Å². The lowest BCUT2D eigenvalue weighted by Crippen LogP contribution is -2.40. The summed E-state index contributed by atoms with van der Waals surface area (Å²) < 4.78 is 1.50. The molecule has 0 amide bonds. The van der Waals surface area contributed by atoms with Crippen LogP contribution in [0.15, 0.2) is 31.0 Å². The zero-order valence-corrected chi connectivity index (χ0v) is 12.1. The van der Waals surface area contributed by atoms with Gasteiger partial charge in [-0.2, -0.15) is 5.10 Å². The Morgan fingerprint density at radius 2 is 2.05 bits per heavy atom. The van der Waals surface area contributed by atoms with Gasteiger partial charge in [-0.3, -0.25) is 4.98 Å². The molecule has 0 aliphatic carbocycles. The molecule has 6 nitrogen and oxygen atoms in total. The largest absolute Gasteiger partial charge is 0.390 e. The van der Waals surface area contributed by atoms with Gasteiger partial charge in [-0.25, -0.2) is 9.67 Å². The molecule has 1 unspecified atom stereocenters. The van der Waals surface area contributed by atoms with E-state index in [9.17, 15) is 10.2 Å². The fraction of sp³-hybridized carbons (Fsp3) is 0.462. The van der Waals surface area contributed by atoms with Gasteiger partial charge in [0.25, 0.3) is 0 Å². The summed E-state index contributed by atoms with van der Waals surface area (Å²) in [5.74, 6) is 0. The molecular formula is C13H17ClN4O2. The third kappa shape index (κ3) is 3.75. The monoisotopic (exact) mass is 296 g/mol. The highest BCUT2D eigenvalue weighted by molar-refractivity contribution is 6.30. The Morgan fingerprint density at radius 1 is 1.30 bits per heavy atom. The number of aliphatic hydroxyl groups is 2. The van der Waals surface area contributed by atoms with Gasteiger partial charge in [-0.15, -0.1) is 0 Å². The highest BCUT2D eigenvalue weighted by Crippen LogP contribution is 2.31. The predicted molar refractivity (Wildman–Crippen MR) is 74.1 cm³/mol. The lowest BCUT2D eigenvalue weighted by Gasteiger charge is -2.32. The summed E-state index contributed by atoms with van der Waals surface area (Å²) in [6.07, 6.45) is 4.47. The number of hydrogen-bond acceptors (Lipinski definition) is 5. The summed E-state index contributed by atoms with van der Waals surface area (Å²) in [6.45, 7) is 3.41. The number of hydrogen-bond donors (Lipinski definition) is 2. The topological polar surface area (TPSA) is 84.1 Å². The molecular weight excluding hydrogens is 280 g/mol. The van der Waals surface area contributed by atoms with Gasteiger partial charge >= 0.3 is 0 Å². The molecule has 0 spiro atoms. The van der Waals surface area contributed by atoms with E-state index < -0.39 is 11.2 Å². The minimum Gasteiger partial charge on any atom is -0.390 e. The van der Waals surface area contributed by atoms with Crippen LogP contribution >= 0.6 is 11.6 Å². The molecule has 2 N–H and O–H groups in total. The summed E-state index contributed by atoms with van der Waals surface area (Å²) in [6, 6.07) is 3.30. The zero-order chi connectivity index (χ0) is 14.8. The second-order valence-electron chi connectivity index (χ2n) is 5.48. The average molecular weight is 297 g/mol. The average Bonchev–Trinajstić information content (AvgIpc) is 2.79. The SMILES string of the molecule is CC(C)(O)CC(O)(Cn1cncn1)c1ccc(Cl)cn1. The molecule has 0 aromatic carbocycles. The third-order valence-electron chi connectivity index (χ3n) is 2.82. The summed E-state index contributed by atoms with van der Waals surface area (Å²) in [5, 5.41) is 25.4. The first-order chi connectivity index (χ1) is 9.28. The molecule has 7 heteroatoms. The van der Waals surface area contributed by atoms with Crippen LogP contribution in [0, 0.1) is 0 Å². The number of halogens is 1. The number of nitrogens with zero attached hydrogens (tertiary/aromatic N) is 4. The minimum atomic E-state index is -1.36. The standard InChI is InChI=1S/C13H17ClN4O2/c1-12(2,19)6-13(20,7-18-9-15-8-17-18)11-4-3-10(14)5-16-11/h3-5,8-9,19-20H,6-7H2,1-2H3. The lowest BCUT2D eigenvalue weighted by atomic mass is 9.86. The van der Waals surface area contributed by atoms with Gasteiger partial charge in [0.05, 0.1) is 22.9 Å². The Morgan fingerprint density at radius 3 is 2.55 bits per heavy atom. The van der Waals surface area contributed by atoms with Crippen LogP contribution in [-0.2, 0) is 12.1 Å². The number of aromatic nitrogens is 4. The van der Waals surface area contributed by atoms with Crippen molar-refractivity contribution in [3.8, 4) is 0 Å². The molecule has 0 aliphatic rings. The van der Waals surface area contributed by atoms with E-state index in [1.165, 1.54) is 23.5 Å². The van der Waals surface area contributed by atoms with Crippen molar-refractivity contribution >= 4 is 11.6 Å². The molecule has 0 fully saturated rings. The second-order valence-corrected chi connectivity index (χ2v) is 5.91. The van der Waals surface area contributed by atoms with E-state index >= 15 is 0 Å². The van der Waals surface area contributed by atoms with Crippen LogP contribution in [0.2, 0.25) is 5.02 Å². The van der Waals surface area contributed by atoms with Crippen molar-refractivity contribution in [1.82, 2.24) is 19.7 Å². The Bertz CT molecular complexity index is 551. The highest BCUT2D eigenvalue weighted by atomic mass is 35.5. The Labute approximate surface area is 122 Å². The van der Waals surface area contributed by atoms with E-state index in [0.717, 1.165) is 0 Å². The Balaban J connectivity index is 2.34. The Kier molecular flexibility index (Phi) is 4.08. The fourth-order valence-electron chi connectivity index (χ4n) is 2.18. The molecule has 2 aromatic rings. The van der Waals surface area contributed by atoms with Crippen LogP contribution in [0.4, 0.5) is 0 Å². The van der Waals surface area contributed by atoms with Gasteiger partial charge in [0.2, 0.25) is 0 Å². The van der Waals surface area contributed by atoms with E-state index in [2.05, 4.69) is 15.1 Å². The van der Waals surface area contributed by atoms with Gasteiger partial charge < -0.3 is 10.2 Å². The first kappa shape index (κ1) is 14.9. The van der Waals surface area contributed by atoms with Crippen LogP contribution in [0.3, 0.4) is 0 Å². The van der Waals surface area contributed by atoms with E-state index in [1.807, 2.05) is 0 Å². The van der Waals surface area contributed by atoms with Crippen molar-refractivity contribution in [2.24, 2.45) is 0 Å². The predicted octanol–water partition coefficient (Wildman–Crippen LogP) is 1.38. The van der Waals surface area contributed by atoms with Crippen LogP contribution in [0.5, 0.6) is 0 Å². The van der Waals surface area contributed by atoms with E-state index in [4.69, 9.17) is 11.6 Å². The summed E-state index contributed by atoms with van der Waals surface area (Å²) in [4.78, 5) is 8.01. The van der Waals surface area contributed by atoms with Crippen molar-refractivity contribution in [1.29, 1.82) is 0 Å². The van der Waals surface area contributed by atoms with Gasteiger partial charge in [-0.1, -0.05) is 11.6 Å². The third-order valence-corrected chi connectivity index (χ3v) is 3.04. The fourth-order valence-corrected chi connectivity index (χ4v) is 2.29. The van der Waals surface area contributed by atoms with E-state index in [0.29, 0.717) is 10.7 Å². The summed E-state index contributed by atoms with van der Waals surface area (Å²) in [7, 11) is 0. The molecule has 0 radical (unpaired) electrons. The summed E-state index contributed by atoms with van der Waals surface area (Å²) >= 11 is 5.82. The number of rotatable bonds is 5. The molecule has 0 aliphatic heterocycles. The van der Waals surface area contributed by atoms with Gasteiger partial charge in [0, 0.05) is 12.6 Å². The molecule has 1 atom stereocenters. The molecule has 20 heavy (non-hydrogen) atoms.